The number of amides is 1. The molecule has 0 saturated carbocycles. The lowest BCUT2D eigenvalue weighted by Gasteiger charge is -2.23. The molecule has 1 saturated heterocycles. The quantitative estimate of drug-likeness (QED) is 0.288. The zero-order chi connectivity index (χ0) is 17.9. The number of morpholine rings is 1. The Labute approximate surface area is 158 Å². The summed E-state index contributed by atoms with van der Waals surface area (Å²) >= 11 is 11.1. The first kappa shape index (κ1) is 19.7. The summed E-state index contributed by atoms with van der Waals surface area (Å²) < 4.78 is 10.7. The molecule has 0 unspecified atom stereocenters. The van der Waals surface area contributed by atoms with Crippen LogP contribution in [0.3, 0.4) is 0 Å². The largest absolute Gasteiger partial charge is 0.482 e. The van der Waals surface area contributed by atoms with E-state index in [0.717, 1.165) is 45.8 Å². The van der Waals surface area contributed by atoms with E-state index < -0.39 is 0 Å². The predicted molar refractivity (Wildman–Crippen MR) is 99.8 cm³/mol. The minimum Gasteiger partial charge on any atom is -0.482 e. The van der Waals surface area contributed by atoms with E-state index in [-0.39, 0.29) is 12.5 Å². The molecule has 1 aromatic rings. The second-order valence-corrected chi connectivity index (χ2v) is 6.43. The van der Waals surface area contributed by atoms with Crippen molar-refractivity contribution in [3.63, 3.8) is 0 Å². The average Bonchev–Trinajstić information content (AvgIpc) is 2.64. The summed E-state index contributed by atoms with van der Waals surface area (Å²) in [5.41, 5.74) is 5.13. The first-order valence-electron chi connectivity index (χ1n) is 8.26. The van der Waals surface area contributed by atoms with Crippen LogP contribution in [-0.4, -0.2) is 57.0 Å². The highest BCUT2D eigenvalue weighted by Crippen LogP contribution is 2.22. The molecule has 25 heavy (non-hydrogen) atoms. The van der Waals surface area contributed by atoms with Crippen LogP contribution in [0, 0.1) is 0 Å². The van der Waals surface area contributed by atoms with Gasteiger partial charge in [0.1, 0.15) is 18.8 Å². The topological polar surface area (TPSA) is 76.1 Å². The summed E-state index contributed by atoms with van der Waals surface area (Å²) in [6.07, 6.45) is 1.00. The molecule has 0 aromatic heterocycles. The van der Waals surface area contributed by atoms with Crippen LogP contribution in [0.2, 0.25) is 5.02 Å². The van der Waals surface area contributed by atoms with E-state index in [1.807, 2.05) is 0 Å². The van der Waals surface area contributed by atoms with Crippen molar-refractivity contribution in [2.24, 2.45) is 0 Å². The molecule has 0 spiro atoms. The lowest BCUT2D eigenvalue weighted by atomic mass is 10.3. The van der Waals surface area contributed by atoms with Crippen molar-refractivity contribution in [3.05, 3.63) is 29.3 Å². The van der Waals surface area contributed by atoms with Crippen molar-refractivity contribution in [2.75, 3.05) is 46.0 Å². The molecule has 2 rings (SSSR count). The Hall–Kier alpha value is -1.61. The van der Waals surface area contributed by atoms with Crippen LogP contribution in [0.4, 0.5) is 0 Å². The number of hydrogen-bond donors (Lipinski definition) is 4. The number of thiocarbonyl (C=S) groups is 1. The second-order valence-electron chi connectivity index (χ2n) is 5.61. The number of rotatable bonds is 7. The molecule has 1 aromatic carbocycles. The highest BCUT2D eigenvalue weighted by Gasteiger charge is 2.12. The van der Waals surface area contributed by atoms with Gasteiger partial charge in [-0.2, -0.15) is 0 Å². The molecule has 0 bridgehead atoms. The van der Waals surface area contributed by atoms with Gasteiger partial charge >= 0.3 is 0 Å². The number of ether oxygens (including phenoxy) is 2. The molecule has 0 atom stereocenters. The molecule has 0 radical (unpaired) electrons. The number of carbonyl (C=O) groups is 1. The fourth-order valence-electron chi connectivity index (χ4n) is 2.36. The maximum absolute atomic E-state index is 11.7. The first-order valence-corrected chi connectivity index (χ1v) is 9.05. The molecule has 4 N–H and O–H groups in total. The summed E-state index contributed by atoms with van der Waals surface area (Å²) in [4.78, 5) is 13.3. The summed E-state index contributed by atoms with van der Waals surface area (Å²) in [7, 11) is 0. The number of benzene rings is 1. The van der Waals surface area contributed by atoms with E-state index in [9.17, 15) is 4.79 Å². The normalized spacial score (nSPS) is 14.6. The van der Waals surface area contributed by atoms with Crippen LogP contribution in [0.5, 0.6) is 5.75 Å². The van der Waals surface area contributed by atoms with Crippen LogP contribution < -0.4 is 25.8 Å². The Kier molecular flexibility index (Phi) is 8.75. The van der Waals surface area contributed by atoms with Gasteiger partial charge in [0.2, 0.25) is 0 Å². The Bertz CT molecular complexity index is 570. The summed E-state index contributed by atoms with van der Waals surface area (Å²) in [5, 5.41) is 3.90. The van der Waals surface area contributed by atoms with E-state index in [0.29, 0.717) is 15.9 Å². The second kappa shape index (κ2) is 11.1. The molecule has 9 heteroatoms. The van der Waals surface area contributed by atoms with Crippen LogP contribution in [0.15, 0.2) is 24.3 Å². The molecule has 1 aliphatic heterocycles. The van der Waals surface area contributed by atoms with Crippen LogP contribution in [0.1, 0.15) is 6.42 Å². The number of carbonyl (C=O) groups excluding carboxylic acids is 1. The van der Waals surface area contributed by atoms with Gasteiger partial charge < -0.3 is 19.7 Å². The fourth-order valence-corrected chi connectivity index (χ4v) is 2.71. The molecule has 1 heterocycles. The monoisotopic (exact) mass is 387 g/mol. The fraction of sp³-hybridized carbons (Fsp3) is 0.500. The van der Waals surface area contributed by atoms with Crippen LogP contribution >= 0.6 is 23.8 Å². The van der Waals surface area contributed by atoms with E-state index in [2.05, 4.69) is 16.2 Å². The van der Waals surface area contributed by atoms with Crippen molar-refractivity contribution >= 4 is 34.8 Å². The van der Waals surface area contributed by atoms with E-state index in [1.54, 1.807) is 29.2 Å². The van der Waals surface area contributed by atoms with E-state index in [4.69, 9.17) is 33.3 Å². The van der Waals surface area contributed by atoms with E-state index >= 15 is 0 Å². The Morgan fingerprint density at radius 3 is 2.80 bits per heavy atom. The van der Waals surface area contributed by atoms with Crippen LogP contribution in [-0.2, 0) is 9.53 Å². The zero-order valence-electron chi connectivity index (χ0n) is 14.0. The number of nitrogens with one attached hydrogen (secondary N) is 4. The van der Waals surface area contributed by atoms with Gasteiger partial charge in [0.15, 0.2) is 11.7 Å². The van der Waals surface area contributed by atoms with Gasteiger partial charge in [-0.15, -0.1) is 0 Å². The van der Waals surface area contributed by atoms with Crippen molar-refractivity contribution in [1.29, 1.82) is 0 Å². The smallest absolute Gasteiger partial charge is 0.276 e. The molecule has 1 fully saturated rings. The SMILES string of the molecule is O=C(COc1ccccc1Cl)NNC(=S)NCCC[NH+]1CCOCC1. The first-order chi connectivity index (χ1) is 12.1. The lowest BCUT2D eigenvalue weighted by Crippen LogP contribution is -3.14. The summed E-state index contributed by atoms with van der Waals surface area (Å²) in [6.45, 7) is 5.48. The van der Waals surface area contributed by atoms with Crippen molar-refractivity contribution in [1.82, 2.24) is 16.2 Å². The van der Waals surface area contributed by atoms with Gasteiger partial charge in [0.25, 0.3) is 5.91 Å². The van der Waals surface area contributed by atoms with Gasteiger partial charge in [-0.3, -0.25) is 15.6 Å². The average molecular weight is 388 g/mol. The Morgan fingerprint density at radius 1 is 1.28 bits per heavy atom. The third-order valence-corrected chi connectivity index (χ3v) is 4.26. The minimum atomic E-state index is -0.346. The van der Waals surface area contributed by atoms with Gasteiger partial charge in [-0.1, -0.05) is 23.7 Å². The van der Waals surface area contributed by atoms with Crippen molar-refractivity contribution < 1.29 is 19.2 Å². The highest BCUT2D eigenvalue weighted by atomic mass is 35.5. The Morgan fingerprint density at radius 2 is 2.04 bits per heavy atom. The molecule has 0 aliphatic carbocycles. The standard InChI is InChI=1S/C16H23ClN4O3S/c17-13-4-1-2-5-14(13)24-12-15(22)19-20-16(25)18-6-3-7-21-8-10-23-11-9-21/h1-2,4-5H,3,6-12H2,(H,19,22)(H2,18,20,25)/p+1. The van der Waals surface area contributed by atoms with Gasteiger partial charge in [0.05, 0.1) is 24.8 Å². The number of hydrogen-bond acceptors (Lipinski definition) is 4. The number of para-hydroxylation sites is 1. The van der Waals surface area contributed by atoms with E-state index in [1.165, 1.54) is 0 Å². The molecule has 1 aliphatic rings. The molecule has 7 nitrogen and oxygen atoms in total. The van der Waals surface area contributed by atoms with Gasteiger partial charge in [-0.25, -0.2) is 0 Å². The van der Waals surface area contributed by atoms with Crippen molar-refractivity contribution in [3.8, 4) is 5.75 Å². The zero-order valence-corrected chi connectivity index (χ0v) is 15.5. The number of quaternary nitrogens is 1. The lowest BCUT2D eigenvalue weighted by molar-refractivity contribution is -0.908. The number of halogens is 1. The molecular formula is C16H24ClN4O3S+. The maximum Gasteiger partial charge on any atom is 0.276 e. The summed E-state index contributed by atoms with van der Waals surface area (Å²) in [5.74, 6) is 0.118. The third-order valence-electron chi connectivity index (χ3n) is 3.70. The highest BCUT2D eigenvalue weighted by molar-refractivity contribution is 7.80. The molecular weight excluding hydrogens is 364 g/mol. The Balaban J connectivity index is 1.52. The minimum absolute atomic E-state index is 0.153. The van der Waals surface area contributed by atoms with Gasteiger partial charge in [-0.05, 0) is 24.4 Å². The summed E-state index contributed by atoms with van der Waals surface area (Å²) in [6, 6.07) is 6.98. The molecule has 138 valence electrons. The van der Waals surface area contributed by atoms with Crippen molar-refractivity contribution in [2.45, 2.75) is 6.42 Å². The predicted octanol–water partition coefficient (Wildman–Crippen LogP) is -0.481. The van der Waals surface area contributed by atoms with Gasteiger partial charge in [0, 0.05) is 13.0 Å². The van der Waals surface area contributed by atoms with Crippen LogP contribution in [0.25, 0.3) is 0 Å². The number of hydrazine groups is 1. The maximum atomic E-state index is 11.7. The third kappa shape index (κ3) is 7.87. The molecule has 1 amide bonds.